The van der Waals surface area contributed by atoms with Crippen molar-refractivity contribution in [1.29, 1.82) is 0 Å². The van der Waals surface area contributed by atoms with E-state index in [-0.39, 0.29) is 5.91 Å². The number of rotatable bonds is 6. The third-order valence-electron chi connectivity index (χ3n) is 3.75. The quantitative estimate of drug-likeness (QED) is 0.843. The van der Waals surface area contributed by atoms with Gasteiger partial charge in [0.2, 0.25) is 5.91 Å². The molecule has 0 spiro atoms. The summed E-state index contributed by atoms with van der Waals surface area (Å²) >= 11 is 0. The first-order valence-corrected chi connectivity index (χ1v) is 8.35. The lowest BCUT2D eigenvalue weighted by molar-refractivity contribution is -0.116. The lowest BCUT2D eigenvalue weighted by Crippen LogP contribution is -2.31. The van der Waals surface area contributed by atoms with Crippen molar-refractivity contribution in [1.82, 2.24) is 0 Å². The fourth-order valence-corrected chi connectivity index (χ4v) is 2.50. The van der Waals surface area contributed by atoms with Crippen LogP contribution >= 0.6 is 0 Å². The zero-order valence-electron chi connectivity index (χ0n) is 14.4. The van der Waals surface area contributed by atoms with E-state index in [1.54, 1.807) is 18.2 Å². The molecule has 0 aromatic heterocycles. The van der Waals surface area contributed by atoms with Gasteiger partial charge in [0.25, 0.3) is 0 Å². The zero-order valence-corrected chi connectivity index (χ0v) is 14.4. The molecule has 0 unspecified atom stereocenters. The Kier molecular flexibility index (Phi) is 5.28. The molecule has 6 nitrogen and oxygen atoms in total. The molecule has 2 aromatic carbocycles. The molecule has 1 aliphatic heterocycles. The van der Waals surface area contributed by atoms with Crippen LogP contribution in [0.5, 0.6) is 17.2 Å². The second-order valence-corrected chi connectivity index (χ2v) is 5.67. The Balaban J connectivity index is 1.58. The van der Waals surface area contributed by atoms with E-state index in [2.05, 4.69) is 10.6 Å². The van der Waals surface area contributed by atoms with Crippen LogP contribution in [0.2, 0.25) is 0 Å². The van der Waals surface area contributed by atoms with Crippen LogP contribution in [0.15, 0.2) is 42.5 Å². The molecule has 0 radical (unpaired) electrons. The predicted octanol–water partition coefficient (Wildman–Crippen LogP) is 3.30. The summed E-state index contributed by atoms with van der Waals surface area (Å²) in [5, 5.41) is 6.05. The Bertz CT molecular complexity index is 731. The minimum Gasteiger partial charge on any atom is -0.494 e. The molecule has 0 saturated carbocycles. The van der Waals surface area contributed by atoms with Gasteiger partial charge in [0.15, 0.2) is 11.5 Å². The number of ether oxygens (including phenoxy) is 3. The molecule has 2 aromatic rings. The molecule has 132 valence electrons. The molecule has 1 amide bonds. The molecule has 0 saturated heterocycles. The Morgan fingerprint density at radius 2 is 1.76 bits per heavy atom. The Morgan fingerprint density at radius 1 is 1.08 bits per heavy atom. The first-order chi connectivity index (χ1) is 12.2. The molecule has 0 aliphatic carbocycles. The summed E-state index contributed by atoms with van der Waals surface area (Å²) in [4.78, 5) is 12.4. The molecule has 25 heavy (non-hydrogen) atoms. The summed E-state index contributed by atoms with van der Waals surface area (Å²) in [6.45, 7) is 5.43. The number of carbonyl (C=O) groups excluding carboxylic acids is 1. The average Bonchev–Trinajstić information content (AvgIpc) is 2.63. The number of anilines is 2. The standard InChI is InChI=1S/C19H22N2O4/c1-3-23-16-7-4-14(5-8-16)20-13(2)19(22)21-15-6-9-17-18(12-15)25-11-10-24-17/h4-9,12-13,20H,3,10-11H2,1-2H3,(H,21,22)/t13-/m1/s1. The number of nitrogens with one attached hydrogen (secondary N) is 2. The number of hydrogen-bond donors (Lipinski definition) is 2. The molecule has 1 aliphatic rings. The fourth-order valence-electron chi connectivity index (χ4n) is 2.50. The monoisotopic (exact) mass is 342 g/mol. The van der Waals surface area contributed by atoms with E-state index in [4.69, 9.17) is 14.2 Å². The van der Waals surface area contributed by atoms with E-state index < -0.39 is 6.04 Å². The van der Waals surface area contributed by atoms with Crippen LogP contribution in [0.3, 0.4) is 0 Å². The van der Waals surface area contributed by atoms with Crippen molar-refractivity contribution in [2.45, 2.75) is 19.9 Å². The first-order valence-electron chi connectivity index (χ1n) is 8.35. The van der Waals surface area contributed by atoms with Crippen molar-refractivity contribution < 1.29 is 19.0 Å². The van der Waals surface area contributed by atoms with Gasteiger partial charge in [-0.15, -0.1) is 0 Å². The summed E-state index contributed by atoms with van der Waals surface area (Å²) in [6.07, 6.45) is 0. The number of benzene rings is 2. The molecule has 1 heterocycles. The number of hydrogen-bond acceptors (Lipinski definition) is 5. The summed E-state index contributed by atoms with van der Waals surface area (Å²) < 4.78 is 16.4. The van der Waals surface area contributed by atoms with Crippen molar-refractivity contribution in [3.63, 3.8) is 0 Å². The summed E-state index contributed by atoms with van der Waals surface area (Å²) in [7, 11) is 0. The van der Waals surface area contributed by atoms with Crippen molar-refractivity contribution in [3.05, 3.63) is 42.5 Å². The largest absolute Gasteiger partial charge is 0.494 e. The van der Waals surface area contributed by atoms with Crippen LogP contribution in [0.1, 0.15) is 13.8 Å². The summed E-state index contributed by atoms with van der Waals surface area (Å²) in [5.41, 5.74) is 1.53. The van der Waals surface area contributed by atoms with Gasteiger partial charge < -0.3 is 24.8 Å². The zero-order chi connectivity index (χ0) is 17.6. The van der Waals surface area contributed by atoms with Gasteiger partial charge in [-0.25, -0.2) is 0 Å². The summed E-state index contributed by atoms with van der Waals surface area (Å²) in [5.74, 6) is 2.02. The third kappa shape index (κ3) is 4.35. The van der Waals surface area contributed by atoms with Crippen molar-refractivity contribution in [2.24, 2.45) is 0 Å². The van der Waals surface area contributed by atoms with Crippen LogP contribution in [-0.2, 0) is 4.79 Å². The maximum Gasteiger partial charge on any atom is 0.246 e. The smallest absolute Gasteiger partial charge is 0.246 e. The number of amides is 1. The maximum atomic E-state index is 12.4. The number of fused-ring (bicyclic) bond motifs is 1. The molecular weight excluding hydrogens is 320 g/mol. The lowest BCUT2D eigenvalue weighted by atomic mass is 10.2. The molecule has 6 heteroatoms. The van der Waals surface area contributed by atoms with Crippen LogP contribution in [0.4, 0.5) is 11.4 Å². The van der Waals surface area contributed by atoms with Crippen LogP contribution in [0, 0.1) is 0 Å². The Labute approximate surface area is 147 Å². The normalized spacial score (nSPS) is 13.7. The number of carbonyl (C=O) groups is 1. The second-order valence-electron chi connectivity index (χ2n) is 5.67. The van der Waals surface area contributed by atoms with E-state index in [9.17, 15) is 4.79 Å². The highest BCUT2D eigenvalue weighted by Crippen LogP contribution is 2.32. The fraction of sp³-hybridized carbons (Fsp3) is 0.316. The molecule has 1 atom stereocenters. The Hall–Kier alpha value is -2.89. The van der Waals surface area contributed by atoms with Gasteiger partial charge in [0.1, 0.15) is 25.0 Å². The molecule has 0 fully saturated rings. The molecule has 2 N–H and O–H groups in total. The lowest BCUT2D eigenvalue weighted by Gasteiger charge is -2.20. The molecule has 0 bridgehead atoms. The van der Waals surface area contributed by atoms with E-state index in [0.717, 1.165) is 11.4 Å². The van der Waals surface area contributed by atoms with Gasteiger partial charge in [0, 0.05) is 17.4 Å². The highest BCUT2D eigenvalue weighted by molar-refractivity contribution is 5.96. The third-order valence-corrected chi connectivity index (χ3v) is 3.75. The Morgan fingerprint density at radius 3 is 2.48 bits per heavy atom. The van der Waals surface area contributed by atoms with Crippen molar-refractivity contribution >= 4 is 17.3 Å². The van der Waals surface area contributed by atoms with E-state index in [1.165, 1.54) is 0 Å². The van der Waals surface area contributed by atoms with Crippen LogP contribution in [-0.4, -0.2) is 31.8 Å². The van der Waals surface area contributed by atoms with Gasteiger partial charge in [0.05, 0.1) is 6.61 Å². The molecule has 3 rings (SSSR count). The van der Waals surface area contributed by atoms with Crippen molar-refractivity contribution in [3.8, 4) is 17.2 Å². The van der Waals surface area contributed by atoms with E-state index in [0.29, 0.717) is 37.0 Å². The summed E-state index contributed by atoms with van der Waals surface area (Å²) in [6, 6.07) is 12.5. The molecular formula is C19H22N2O4. The first kappa shape index (κ1) is 17.0. The van der Waals surface area contributed by atoms with Gasteiger partial charge in [-0.3, -0.25) is 4.79 Å². The minimum atomic E-state index is -0.397. The van der Waals surface area contributed by atoms with E-state index >= 15 is 0 Å². The SMILES string of the molecule is CCOc1ccc(N[C@H](C)C(=O)Nc2ccc3c(c2)OCCO3)cc1. The van der Waals surface area contributed by atoms with Crippen LogP contribution < -0.4 is 24.8 Å². The van der Waals surface area contributed by atoms with Gasteiger partial charge in [-0.05, 0) is 50.2 Å². The highest BCUT2D eigenvalue weighted by Gasteiger charge is 2.16. The predicted molar refractivity (Wildman–Crippen MR) is 96.8 cm³/mol. The van der Waals surface area contributed by atoms with E-state index in [1.807, 2.05) is 38.1 Å². The van der Waals surface area contributed by atoms with Crippen LogP contribution in [0.25, 0.3) is 0 Å². The topological polar surface area (TPSA) is 68.8 Å². The van der Waals surface area contributed by atoms with Gasteiger partial charge >= 0.3 is 0 Å². The average molecular weight is 342 g/mol. The minimum absolute atomic E-state index is 0.134. The van der Waals surface area contributed by atoms with Gasteiger partial charge in [-0.2, -0.15) is 0 Å². The van der Waals surface area contributed by atoms with Crippen molar-refractivity contribution in [2.75, 3.05) is 30.5 Å². The van der Waals surface area contributed by atoms with Gasteiger partial charge in [-0.1, -0.05) is 0 Å². The second kappa shape index (κ2) is 7.79. The maximum absolute atomic E-state index is 12.4. The highest BCUT2D eigenvalue weighted by atomic mass is 16.6.